The minimum absolute atomic E-state index is 0.162. The molecule has 0 amide bonds. The van der Waals surface area contributed by atoms with E-state index in [-0.39, 0.29) is 6.42 Å². The predicted octanol–water partition coefficient (Wildman–Crippen LogP) is 3.86. The Kier molecular flexibility index (Phi) is 4.09. The predicted molar refractivity (Wildman–Crippen MR) is 68.7 cm³/mol. The fourth-order valence-electron chi connectivity index (χ4n) is 1.76. The summed E-state index contributed by atoms with van der Waals surface area (Å²) in [6.45, 7) is 2.04. The number of benzene rings is 1. The minimum Gasteiger partial charge on any atom is -0.387 e. The average Bonchev–Trinajstić information content (AvgIpc) is 2.81. The maximum absolute atomic E-state index is 13.5. The molecule has 0 bridgehead atoms. The topological polar surface area (TPSA) is 20.2 Å². The molecule has 1 nitrogen and oxygen atoms in total. The number of aliphatic hydroxyl groups excluding tert-OH is 1. The van der Waals surface area contributed by atoms with Crippen LogP contribution in [-0.4, -0.2) is 5.11 Å². The lowest BCUT2D eigenvalue weighted by Gasteiger charge is -2.09. The lowest BCUT2D eigenvalue weighted by Crippen LogP contribution is -2.02. The molecule has 1 heterocycles. The summed E-state index contributed by atoms with van der Waals surface area (Å²) in [4.78, 5) is 2.00. The van der Waals surface area contributed by atoms with Crippen LogP contribution in [0.2, 0.25) is 0 Å². The molecule has 18 heavy (non-hydrogen) atoms. The van der Waals surface area contributed by atoms with E-state index in [4.69, 9.17) is 0 Å². The van der Waals surface area contributed by atoms with Crippen LogP contribution in [0.4, 0.5) is 8.78 Å². The first-order valence-electron chi connectivity index (χ1n) is 5.80. The van der Waals surface area contributed by atoms with E-state index in [0.29, 0.717) is 5.56 Å². The molecule has 0 saturated carbocycles. The molecule has 0 saturated heterocycles. The third kappa shape index (κ3) is 2.94. The number of aliphatic hydroxyl groups is 1. The van der Waals surface area contributed by atoms with Crippen molar-refractivity contribution in [2.75, 3.05) is 0 Å². The Morgan fingerprint density at radius 1 is 1.22 bits per heavy atom. The molecule has 0 fully saturated rings. The van der Waals surface area contributed by atoms with Gasteiger partial charge < -0.3 is 5.11 Å². The third-order valence-electron chi connectivity index (χ3n) is 2.79. The maximum atomic E-state index is 13.5. The van der Waals surface area contributed by atoms with Crippen molar-refractivity contribution in [2.45, 2.75) is 25.9 Å². The summed E-state index contributed by atoms with van der Waals surface area (Å²) in [6.07, 6.45) is 0.341. The van der Waals surface area contributed by atoms with Crippen molar-refractivity contribution in [1.82, 2.24) is 0 Å². The van der Waals surface area contributed by atoms with Crippen LogP contribution in [0, 0.1) is 11.6 Å². The first-order chi connectivity index (χ1) is 8.60. The van der Waals surface area contributed by atoms with E-state index in [1.54, 1.807) is 0 Å². The molecular formula is C14H14F2OS. The molecule has 0 spiro atoms. The normalized spacial score (nSPS) is 12.7. The molecule has 0 aliphatic heterocycles. The zero-order valence-corrected chi connectivity index (χ0v) is 10.8. The highest BCUT2D eigenvalue weighted by molar-refractivity contribution is 7.12. The number of rotatable bonds is 4. The van der Waals surface area contributed by atoms with Crippen molar-refractivity contribution in [3.05, 3.63) is 57.3 Å². The number of halogens is 2. The van der Waals surface area contributed by atoms with Gasteiger partial charge in [-0.05, 0) is 30.2 Å². The van der Waals surface area contributed by atoms with E-state index in [2.05, 4.69) is 0 Å². The highest BCUT2D eigenvalue weighted by Crippen LogP contribution is 2.27. The molecule has 1 atom stereocenters. The second-order valence-corrected chi connectivity index (χ2v) is 5.31. The Labute approximate surface area is 109 Å². The Morgan fingerprint density at radius 2 is 2.00 bits per heavy atom. The Morgan fingerprint density at radius 3 is 2.61 bits per heavy atom. The standard InChI is InChI=1S/C14H14F2OS/c1-2-11-5-6-14(18-11)13(17)7-9-3-4-10(15)8-12(9)16/h3-6,8,13,17H,2,7H2,1H3. The molecule has 1 aromatic heterocycles. The largest absolute Gasteiger partial charge is 0.387 e. The second kappa shape index (κ2) is 5.59. The fraction of sp³-hybridized carbons (Fsp3) is 0.286. The van der Waals surface area contributed by atoms with Gasteiger partial charge in [-0.2, -0.15) is 0 Å². The van der Waals surface area contributed by atoms with Gasteiger partial charge in [0.05, 0.1) is 6.10 Å². The summed E-state index contributed by atoms with van der Waals surface area (Å²) in [5.41, 5.74) is 0.329. The molecule has 1 unspecified atom stereocenters. The van der Waals surface area contributed by atoms with E-state index in [1.165, 1.54) is 28.3 Å². The average molecular weight is 268 g/mol. The van der Waals surface area contributed by atoms with Gasteiger partial charge in [-0.15, -0.1) is 11.3 Å². The van der Waals surface area contributed by atoms with E-state index in [0.717, 1.165) is 17.4 Å². The van der Waals surface area contributed by atoms with Crippen molar-refractivity contribution >= 4 is 11.3 Å². The highest BCUT2D eigenvalue weighted by Gasteiger charge is 2.14. The summed E-state index contributed by atoms with van der Waals surface area (Å²) >= 11 is 1.52. The molecule has 0 aliphatic carbocycles. The van der Waals surface area contributed by atoms with Gasteiger partial charge in [-0.25, -0.2) is 8.78 Å². The molecule has 4 heteroatoms. The SMILES string of the molecule is CCc1ccc(C(O)Cc2ccc(F)cc2F)s1. The lowest BCUT2D eigenvalue weighted by molar-refractivity contribution is 0.181. The Bertz CT molecular complexity index is 536. The summed E-state index contributed by atoms with van der Waals surface area (Å²) < 4.78 is 26.2. The zero-order valence-electron chi connectivity index (χ0n) is 9.99. The van der Waals surface area contributed by atoms with Gasteiger partial charge in [-0.3, -0.25) is 0 Å². The van der Waals surface area contributed by atoms with Crippen molar-refractivity contribution in [2.24, 2.45) is 0 Å². The van der Waals surface area contributed by atoms with Crippen molar-refractivity contribution in [3.63, 3.8) is 0 Å². The quantitative estimate of drug-likeness (QED) is 0.892. The van der Waals surface area contributed by atoms with Gasteiger partial charge in [0, 0.05) is 22.2 Å². The van der Waals surface area contributed by atoms with Crippen LogP contribution in [0.5, 0.6) is 0 Å². The van der Waals surface area contributed by atoms with Gasteiger partial charge in [-0.1, -0.05) is 13.0 Å². The van der Waals surface area contributed by atoms with E-state index in [1.807, 2.05) is 19.1 Å². The maximum Gasteiger partial charge on any atom is 0.129 e. The molecule has 2 rings (SSSR count). The zero-order chi connectivity index (χ0) is 13.1. The second-order valence-electron chi connectivity index (χ2n) is 4.11. The van der Waals surface area contributed by atoms with Gasteiger partial charge in [0.15, 0.2) is 0 Å². The summed E-state index contributed by atoms with van der Waals surface area (Å²) in [5.74, 6) is -1.21. The number of aryl methyl sites for hydroxylation is 1. The van der Waals surface area contributed by atoms with Gasteiger partial charge in [0.2, 0.25) is 0 Å². The van der Waals surface area contributed by atoms with E-state index >= 15 is 0 Å². The van der Waals surface area contributed by atoms with Gasteiger partial charge in [0.1, 0.15) is 11.6 Å². The summed E-state index contributed by atoms with van der Waals surface area (Å²) in [5, 5.41) is 10.0. The Balaban J connectivity index is 2.13. The molecule has 1 N–H and O–H groups in total. The van der Waals surface area contributed by atoms with Crippen LogP contribution >= 0.6 is 11.3 Å². The number of hydrogen-bond acceptors (Lipinski definition) is 2. The molecule has 2 aromatic rings. The van der Waals surface area contributed by atoms with Crippen LogP contribution in [0.15, 0.2) is 30.3 Å². The van der Waals surface area contributed by atoms with Gasteiger partial charge in [0.25, 0.3) is 0 Å². The molecule has 0 aliphatic rings. The molecular weight excluding hydrogens is 254 g/mol. The lowest BCUT2D eigenvalue weighted by atomic mass is 10.1. The fourth-order valence-corrected chi connectivity index (χ4v) is 2.70. The van der Waals surface area contributed by atoms with Crippen LogP contribution in [0.25, 0.3) is 0 Å². The molecule has 0 radical (unpaired) electrons. The first-order valence-corrected chi connectivity index (χ1v) is 6.62. The number of hydrogen-bond donors (Lipinski definition) is 1. The van der Waals surface area contributed by atoms with E-state index < -0.39 is 17.7 Å². The third-order valence-corrected chi connectivity index (χ3v) is 4.12. The highest BCUT2D eigenvalue weighted by atomic mass is 32.1. The van der Waals surface area contributed by atoms with Crippen LogP contribution in [0.3, 0.4) is 0 Å². The Hall–Kier alpha value is -1.26. The van der Waals surface area contributed by atoms with Crippen LogP contribution in [-0.2, 0) is 12.8 Å². The minimum atomic E-state index is -0.740. The molecule has 96 valence electrons. The van der Waals surface area contributed by atoms with Crippen LogP contribution < -0.4 is 0 Å². The van der Waals surface area contributed by atoms with Crippen molar-refractivity contribution < 1.29 is 13.9 Å². The van der Waals surface area contributed by atoms with Crippen molar-refractivity contribution in [3.8, 4) is 0 Å². The van der Waals surface area contributed by atoms with E-state index in [9.17, 15) is 13.9 Å². The van der Waals surface area contributed by atoms with Crippen LogP contribution in [0.1, 0.15) is 28.3 Å². The molecule has 1 aromatic carbocycles. The first kappa shape index (κ1) is 13.2. The smallest absolute Gasteiger partial charge is 0.129 e. The number of thiophene rings is 1. The van der Waals surface area contributed by atoms with Crippen molar-refractivity contribution in [1.29, 1.82) is 0 Å². The monoisotopic (exact) mass is 268 g/mol. The summed E-state index contributed by atoms with van der Waals surface area (Å²) in [7, 11) is 0. The van der Waals surface area contributed by atoms with Gasteiger partial charge >= 0.3 is 0 Å². The summed E-state index contributed by atoms with van der Waals surface area (Å²) in [6, 6.07) is 7.24.